The number of carbonyl (C=O) groups is 1. The number of halogens is 1. The highest BCUT2D eigenvalue weighted by Crippen LogP contribution is 2.15. The van der Waals surface area contributed by atoms with E-state index in [9.17, 15) is 4.79 Å². The average Bonchev–Trinajstić information content (AvgIpc) is 2.94. The molecule has 2 atom stereocenters. The molecule has 1 fully saturated rings. The first-order valence-electron chi connectivity index (χ1n) is 6.05. The van der Waals surface area contributed by atoms with Gasteiger partial charge in [-0.05, 0) is 28.9 Å². The molecule has 0 radical (unpaired) electrons. The largest absolute Gasteiger partial charge is 0.378 e. The van der Waals surface area contributed by atoms with E-state index in [0.717, 1.165) is 24.1 Å². The van der Waals surface area contributed by atoms with Crippen LogP contribution in [-0.4, -0.2) is 42.8 Å². The zero-order chi connectivity index (χ0) is 13.1. The molecule has 100 valence electrons. The van der Waals surface area contributed by atoms with Crippen molar-refractivity contribution < 1.29 is 9.53 Å². The average molecular weight is 316 g/mol. The van der Waals surface area contributed by atoms with E-state index in [0.29, 0.717) is 5.69 Å². The van der Waals surface area contributed by atoms with Crippen LogP contribution in [0.5, 0.6) is 0 Å². The van der Waals surface area contributed by atoms with E-state index in [1.165, 1.54) is 0 Å². The van der Waals surface area contributed by atoms with Crippen molar-refractivity contribution in [3.63, 3.8) is 0 Å². The summed E-state index contributed by atoms with van der Waals surface area (Å²) >= 11 is 3.39. The minimum atomic E-state index is -0.0571. The molecule has 1 saturated heterocycles. The highest BCUT2D eigenvalue weighted by atomic mass is 79.9. The van der Waals surface area contributed by atoms with Crippen molar-refractivity contribution in [1.82, 2.24) is 15.2 Å². The Hall–Kier alpha value is -0.850. The highest BCUT2D eigenvalue weighted by molar-refractivity contribution is 9.10. The Morgan fingerprint density at radius 1 is 1.67 bits per heavy atom. The molecule has 2 N–H and O–H groups in total. The summed E-state index contributed by atoms with van der Waals surface area (Å²) in [5.41, 5.74) is 0.672. The first-order chi connectivity index (χ1) is 8.65. The monoisotopic (exact) mass is 315 g/mol. The molecule has 1 unspecified atom stereocenters. The first-order valence-corrected chi connectivity index (χ1v) is 6.85. The van der Waals surface area contributed by atoms with Crippen LogP contribution in [0.15, 0.2) is 16.7 Å². The third-order valence-electron chi connectivity index (χ3n) is 3.21. The molecule has 0 bridgehead atoms. The molecule has 2 heterocycles. The van der Waals surface area contributed by atoms with Gasteiger partial charge in [0.25, 0.3) is 5.91 Å². The SMILES string of the molecule is CCn1cc(Br)cc1C(=O)NC1CNC[C@@H]1OC. The number of hydrogen-bond acceptors (Lipinski definition) is 3. The van der Waals surface area contributed by atoms with Crippen LogP contribution in [0.1, 0.15) is 17.4 Å². The topological polar surface area (TPSA) is 55.3 Å². The Balaban J connectivity index is 2.07. The third kappa shape index (κ3) is 2.76. The van der Waals surface area contributed by atoms with Crippen molar-refractivity contribution in [2.75, 3.05) is 20.2 Å². The summed E-state index contributed by atoms with van der Waals surface area (Å²) in [6.45, 7) is 4.31. The fraction of sp³-hybridized carbons (Fsp3) is 0.583. The molecule has 0 spiro atoms. The Morgan fingerprint density at radius 3 is 3.11 bits per heavy atom. The summed E-state index contributed by atoms with van der Waals surface area (Å²) in [7, 11) is 1.67. The lowest BCUT2D eigenvalue weighted by molar-refractivity contribution is 0.0773. The second kappa shape index (κ2) is 5.86. The minimum absolute atomic E-state index is 0.0291. The van der Waals surface area contributed by atoms with E-state index in [-0.39, 0.29) is 18.1 Å². The minimum Gasteiger partial charge on any atom is -0.378 e. The number of methoxy groups -OCH3 is 1. The Kier molecular flexibility index (Phi) is 4.42. The molecule has 1 aromatic rings. The zero-order valence-corrected chi connectivity index (χ0v) is 12.2. The molecule has 2 rings (SSSR count). The van der Waals surface area contributed by atoms with Crippen LogP contribution in [0.25, 0.3) is 0 Å². The number of aryl methyl sites for hydroxylation is 1. The van der Waals surface area contributed by atoms with Gasteiger partial charge in [-0.3, -0.25) is 4.79 Å². The molecule has 18 heavy (non-hydrogen) atoms. The van der Waals surface area contributed by atoms with E-state index in [1.807, 2.05) is 23.8 Å². The smallest absolute Gasteiger partial charge is 0.268 e. The van der Waals surface area contributed by atoms with Gasteiger partial charge in [0.2, 0.25) is 0 Å². The lowest BCUT2D eigenvalue weighted by atomic mass is 10.2. The number of nitrogens with zero attached hydrogens (tertiary/aromatic N) is 1. The van der Waals surface area contributed by atoms with Gasteiger partial charge >= 0.3 is 0 Å². The number of carbonyl (C=O) groups excluding carboxylic acids is 1. The molecule has 0 aliphatic carbocycles. The van der Waals surface area contributed by atoms with Crippen LogP contribution in [0.4, 0.5) is 0 Å². The van der Waals surface area contributed by atoms with Crippen LogP contribution < -0.4 is 10.6 Å². The highest BCUT2D eigenvalue weighted by Gasteiger charge is 2.29. The van der Waals surface area contributed by atoms with E-state index in [4.69, 9.17) is 4.74 Å². The molecule has 1 aliphatic rings. The van der Waals surface area contributed by atoms with Crippen molar-refractivity contribution >= 4 is 21.8 Å². The predicted molar refractivity (Wildman–Crippen MR) is 72.7 cm³/mol. The molecule has 0 aromatic carbocycles. The Labute approximate surface area is 115 Å². The summed E-state index contributed by atoms with van der Waals surface area (Å²) in [4.78, 5) is 12.2. The van der Waals surface area contributed by atoms with Crippen LogP contribution >= 0.6 is 15.9 Å². The lowest BCUT2D eigenvalue weighted by Gasteiger charge is -2.18. The Bertz CT molecular complexity index is 433. The molecule has 5 nitrogen and oxygen atoms in total. The lowest BCUT2D eigenvalue weighted by Crippen LogP contribution is -2.44. The summed E-state index contributed by atoms with van der Waals surface area (Å²) in [5.74, 6) is -0.0571. The fourth-order valence-corrected chi connectivity index (χ4v) is 2.68. The van der Waals surface area contributed by atoms with Gasteiger partial charge in [-0.2, -0.15) is 0 Å². The van der Waals surface area contributed by atoms with Gasteiger partial charge in [-0.25, -0.2) is 0 Å². The number of amides is 1. The number of hydrogen-bond donors (Lipinski definition) is 2. The summed E-state index contributed by atoms with van der Waals surface area (Å²) in [5, 5.41) is 6.22. The predicted octanol–water partition coefficient (Wildman–Crippen LogP) is 0.987. The van der Waals surface area contributed by atoms with Gasteiger partial charge in [0, 0.05) is 37.4 Å². The first kappa shape index (κ1) is 13.6. The number of rotatable bonds is 4. The molecule has 1 aliphatic heterocycles. The van der Waals surface area contributed by atoms with E-state index in [2.05, 4.69) is 26.6 Å². The summed E-state index contributed by atoms with van der Waals surface area (Å²) in [6.07, 6.45) is 1.96. The van der Waals surface area contributed by atoms with E-state index >= 15 is 0 Å². The van der Waals surface area contributed by atoms with Crippen LogP contribution in [-0.2, 0) is 11.3 Å². The second-order valence-corrected chi connectivity index (χ2v) is 5.26. The second-order valence-electron chi connectivity index (χ2n) is 4.34. The maximum atomic E-state index is 12.2. The van der Waals surface area contributed by atoms with Crippen LogP contribution in [0.2, 0.25) is 0 Å². The molecule has 0 saturated carbocycles. The van der Waals surface area contributed by atoms with Crippen molar-refractivity contribution in [3.8, 4) is 0 Å². The molecular formula is C12H18BrN3O2. The molecule has 1 aromatic heterocycles. The number of nitrogens with one attached hydrogen (secondary N) is 2. The fourth-order valence-electron chi connectivity index (χ4n) is 2.22. The quantitative estimate of drug-likeness (QED) is 0.871. The van der Waals surface area contributed by atoms with E-state index in [1.54, 1.807) is 7.11 Å². The number of aromatic nitrogens is 1. The van der Waals surface area contributed by atoms with Gasteiger partial charge in [0.15, 0.2) is 0 Å². The van der Waals surface area contributed by atoms with Crippen LogP contribution in [0.3, 0.4) is 0 Å². The number of ether oxygens (including phenoxy) is 1. The summed E-state index contributed by atoms with van der Waals surface area (Å²) in [6, 6.07) is 1.87. The van der Waals surface area contributed by atoms with Crippen molar-refractivity contribution in [3.05, 3.63) is 22.4 Å². The van der Waals surface area contributed by atoms with Gasteiger partial charge in [-0.15, -0.1) is 0 Å². The molecule has 6 heteroatoms. The van der Waals surface area contributed by atoms with Gasteiger partial charge in [0.05, 0.1) is 12.1 Å². The van der Waals surface area contributed by atoms with Gasteiger partial charge in [0.1, 0.15) is 5.69 Å². The van der Waals surface area contributed by atoms with Crippen LogP contribution in [0, 0.1) is 0 Å². The third-order valence-corrected chi connectivity index (χ3v) is 3.65. The summed E-state index contributed by atoms with van der Waals surface area (Å²) < 4.78 is 8.17. The normalized spacial score (nSPS) is 23.3. The van der Waals surface area contributed by atoms with Gasteiger partial charge in [-0.1, -0.05) is 0 Å². The maximum Gasteiger partial charge on any atom is 0.268 e. The Morgan fingerprint density at radius 2 is 2.44 bits per heavy atom. The zero-order valence-electron chi connectivity index (χ0n) is 10.6. The van der Waals surface area contributed by atoms with Crippen molar-refractivity contribution in [1.29, 1.82) is 0 Å². The van der Waals surface area contributed by atoms with Gasteiger partial charge < -0.3 is 19.9 Å². The molecular weight excluding hydrogens is 298 g/mol. The van der Waals surface area contributed by atoms with Crippen molar-refractivity contribution in [2.24, 2.45) is 0 Å². The maximum absolute atomic E-state index is 12.2. The van der Waals surface area contributed by atoms with Crippen molar-refractivity contribution in [2.45, 2.75) is 25.6 Å². The molecule has 1 amide bonds. The standard InChI is InChI=1S/C12H18BrN3O2/c1-3-16-7-8(13)4-10(16)12(17)15-9-5-14-6-11(9)18-2/h4,7,9,11,14H,3,5-6H2,1-2H3,(H,15,17)/t9?,11-/m0/s1. The van der Waals surface area contributed by atoms with E-state index < -0.39 is 0 Å².